The fraction of sp³-hybridized carbons (Fsp3) is 0.278. The molecule has 0 radical (unpaired) electrons. The van der Waals surface area contributed by atoms with Crippen LogP contribution in [0.25, 0.3) is 11.0 Å². The van der Waals surface area contributed by atoms with Crippen LogP contribution in [0, 0.1) is 11.3 Å². The number of aromatic nitrogens is 3. The summed E-state index contributed by atoms with van der Waals surface area (Å²) in [5.74, 6) is 0.277. The Morgan fingerprint density at radius 2 is 2.00 bits per heavy atom. The molecule has 2 aromatic heterocycles. The number of pyridine rings is 1. The molecule has 3 rings (SSSR count). The summed E-state index contributed by atoms with van der Waals surface area (Å²) in [6, 6.07) is 6.74. The molecule has 0 bridgehead atoms. The van der Waals surface area contributed by atoms with Gasteiger partial charge in [-0.25, -0.2) is 18.4 Å². The normalized spacial score (nSPS) is 13.4. The third-order valence-corrected chi connectivity index (χ3v) is 5.74. The number of aryl methyl sites for hydroxylation is 1. The maximum absolute atomic E-state index is 13.0. The fourth-order valence-electron chi connectivity index (χ4n) is 2.93. The van der Waals surface area contributed by atoms with Crippen molar-refractivity contribution in [3.8, 4) is 6.07 Å². The van der Waals surface area contributed by atoms with E-state index in [0.717, 1.165) is 18.3 Å². The average Bonchev–Trinajstić information content (AvgIpc) is 3.05. The van der Waals surface area contributed by atoms with Crippen molar-refractivity contribution in [3.63, 3.8) is 0 Å². The summed E-state index contributed by atoms with van der Waals surface area (Å²) in [7, 11) is -4.03. The Labute approximate surface area is 164 Å². The second kappa shape index (κ2) is 7.46. The van der Waals surface area contributed by atoms with Gasteiger partial charge in [0.1, 0.15) is 11.9 Å². The molecule has 0 fully saturated rings. The smallest absolute Gasteiger partial charge is 0.327 e. The van der Waals surface area contributed by atoms with Crippen LogP contribution in [0.1, 0.15) is 36.8 Å². The number of imidazole rings is 1. The van der Waals surface area contributed by atoms with E-state index >= 15 is 0 Å². The van der Waals surface area contributed by atoms with E-state index in [0.29, 0.717) is 12.1 Å². The summed E-state index contributed by atoms with van der Waals surface area (Å²) in [4.78, 5) is 8.08. The minimum Gasteiger partial charge on any atom is -0.327 e. The average molecular weight is 423 g/mol. The Morgan fingerprint density at radius 3 is 2.55 bits per heavy atom. The van der Waals surface area contributed by atoms with Crippen LogP contribution < -0.4 is 4.72 Å². The molecule has 0 aliphatic heterocycles. The van der Waals surface area contributed by atoms with Crippen molar-refractivity contribution >= 4 is 21.1 Å². The predicted molar refractivity (Wildman–Crippen MR) is 98.1 cm³/mol. The Kier molecular flexibility index (Phi) is 5.34. The van der Waals surface area contributed by atoms with Crippen LogP contribution in [0.5, 0.6) is 0 Å². The van der Waals surface area contributed by atoms with Crippen molar-refractivity contribution in [3.05, 3.63) is 53.5 Å². The van der Waals surface area contributed by atoms with E-state index in [-0.39, 0.29) is 21.9 Å². The zero-order valence-electron chi connectivity index (χ0n) is 15.4. The Morgan fingerprint density at radius 1 is 1.28 bits per heavy atom. The highest BCUT2D eigenvalue weighted by molar-refractivity contribution is 7.89. The number of halogens is 3. The van der Waals surface area contributed by atoms with Crippen LogP contribution in [-0.4, -0.2) is 23.0 Å². The second-order valence-electron chi connectivity index (χ2n) is 6.26. The minimum absolute atomic E-state index is 0.213. The molecule has 1 N–H and O–H groups in total. The largest absolute Gasteiger partial charge is 0.416 e. The van der Waals surface area contributed by atoms with Crippen molar-refractivity contribution in [2.75, 3.05) is 0 Å². The number of alkyl halides is 3. The highest BCUT2D eigenvalue weighted by Crippen LogP contribution is 2.32. The number of fused-ring (bicyclic) bond motifs is 1. The molecule has 3 aromatic rings. The molecule has 11 heteroatoms. The molecule has 0 saturated heterocycles. The fourth-order valence-corrected chi connectivity index (χ4v) is 4.06. The lowest BCUT2D eigenvalue weighted by Gasteiger charge is -2.15. The van der Waals surface area contributed by atoms with Crippen LogP contribution in [0.4, 0.5) is 13.2 Å². The molecule has 7 nitrogen and oxygen atoms in total. The van der Waals surface area contributed by atoms with Gasteiger partial charge in [-0.05, 0) is 44.2 Å². The number of hydrogen-bond acceptors (Lipinski definition) is 5. The molecule has 0 saturated carbocycles. The zero-order valence-corrected chi connectivity index (χ0v) is 16.2. The van der Waals surface area contributed by atoms with Crippen molar-refractivity contribution in [2.45, 2.75) is 37.6 Å². The molecule has 0 aliphatic rings. The van der Waals surface area contributed by atoms with Crippen LogP contribution in [0.15, 0.2) is 41.6 Å². The van der Waals surface area contributed by atoms with Gasteiger partial charge in [-0.1, -0.05) is 0 Å². The SMILES string of the molecule is CCn1c(C(C)NS(=O)(=O)c2ccc(C#N)cn2)nc2ccc(C(F)(F)F)cc21. The minimum atomic E-state index is -4.49. The van der Waals surface area contributed by atoms with Gasteiger partial charge in [-0.2, -0.15) is 23.2 Å². The molecule has 152 valence electrons. The van der Waals surface area contributed by atoms with E-state index in [1.807, 2.05) is 6.07 Å². The van der Waals surface area contributed by atoms with Gasteiger partial charge in [-0.15, -0.1) is 0 Å². The van der Waals surface area contributed by atoms with Gasteiger partial charge in [0.2, 0.25) is 0 Å². The number of hydrogen-bond donors (Lipinski definition) is 1. The van der Waals surface area contributed by atoms with Crippen LogP contribution in [0.2, 0.25) is 0 Å². The van der Waals surface area contributed by atoms with Crippen LogP contribution in [-0.2, 0) is 22.7 Å². The lowest BCUT2D eigenvalue weighted by Crippen LogP contribution is -2.29. The van der Waals surface area contributed by atoms with Gasteiger partial charge in [0.15, 0.2) is 5.03 Å². The summed E-state index contributed by atoms with van der Waals surface area (Å²) < 4.78 is 68.2. The number of rotatable bonds is 5. The van der Waals surface area contributed by atoms with E-state index in [2.05, 4.69) is 14.7 Å². The lowest BCUT2D eigenvalue weighted by molar-refractivity contribution is -0.137. The van der Waals surface area contributed by atoms with E-state index in [1.54, 1.807) is 13.8 Å². The van der Waals surface area contributed by atoms with Crippen molar-refractivity contribution < 1.29 is 21.6 Å². The van der Waals surface area contributed by atoms with E-state index in [4.69, 9.17) is 5.26 Å². The summed E-state index contributed by atoms with van der Waals surface area (Å²) in [6.45, 7) is 3.57. The third-order valence-electron chi connectivity index (χ3n) is 4.28. The number of nitriles is 1. The third kappa shape index (κ3) is 4.08. The topological polar surface area (TPSA) is 101 Å². The van der Waals surface area contributed by atoms with Crippen LogP contribution >= 0.6 is 0 Å². The number of benzene rings is 1. The van der Waals surface area contributed by atoms with Gasteiger partial charge in [0.05, 0.1) is 28.2 Å². The highest BCUT2D eigenvalue weighted by Gasteiger charge is 2.31. The van der Waals surface area contributed by atoms with Gasteiger partial charge in [0, 0.05) is 12.7 Å². The Hall–Kier alpha value is -2.97. The predicted octanol–water partition coefficient (Wildman–Crippen LogP) is 3.38. The number of nitrogens with one attached hydrogen (secondary N) is 1. The molecule has 0 amide bonds. The van der Waals surface area contributed by atoms with Crippen molar-refractivity contribution in [1.82, 2.24) is 19.3 Å². The molecule has 1 aromatic carbocycles. The molecule has 1 atom stereocenters. The van der Waals surface area contributed by atoms with E-state index in [1.165, 1.54) is 22.8 Å². The van der Waals surface area contributed by atoms with Crippen molar-refractivity contribution in [1.29, 1.82) is 5.26 Å². The summed E-state index contributed by atoms with van der Waals surface area (Å²) in [6.07, 6.45) is -3.36. The second-order valence-corrected chi connectivity index (χ2v) is 7.92. The molecule has 1 unspecified atom stereocenters. The van der Waals surface area contributed by atoms with Gasteiger partial charge < -0.3 is 4.57 Å². The zero-order chi connectivity index (χ0) is 21.4. The summed E-state index contributed by atoms with van der Waals surface area (Å²) >= 11 is 0. The van der Waals surface area contributed by atoms with Gasteiger partial charge >= 0.3 is 6.18 Å². The lowest BCUT2D eigenvalue weighted by atomic mass is 10.2. The monoisotopic (exact) mass is 423 g/mol. The highest BCUT2D eigenvalue weighted by atomic mass is 32.2. The maximum Gasteiger partial charge on any atom is 0.416 e. The quantitative estimate of drug-likeness (QED) is 0.678. The van der Waals surface area contributed by atoms with Gasteiger partial charge in [0.25, 0.3) is 10.0 Å². The number of nitrogens with zero attached hydrogens (tertiary/aromatic N) is 4. The first-order valence-electron chi connectivity index (χ1n) is 8.52. The number of sulfonamides is 1. The summed E-state index contributed by atoms with van der Waals surface area (Å²) in [5, 5.41) is 8.51. The molecule has 2 heterocycles. The van der Waals surface area contributed by atoms with E-state index in [9.17, 15) is 21.6 Å². The molecular weight excluding hydrogens is 407 g/mol. The first-order chi connectivity index (χ1) is 13.6. The first kappa shape index (κ1) is 20.8. The molecular formula is C18H16F3N5O2S. The molecule has 0 spiro atoms. The molecule has 29 heavy (non-hydrogen) atoms. The Balaban J connectivity index is 1.97. The standard InChI is InChI=1S/C18H16F3N5O2S/c1-3-26-15-8-13(18(19,20)21)5-6-14(15)24-17(26)11(2)25-29(27,28)16-7-4-12(9-22)10-23-16/h4-8,10-11,25H,3H2,1-2H3. The Bertz CT molecular complexity index is 1200. The van der Waals surface area contributed by atoms with Crippen LogP contribution in [0.3, 0.4) is 0 Å². The maximum atomic E-state index is 13.0. The first-order valence-corrected chi connectivity index (χ1v) is 10.0. The summed E-state index contributed by atoms with van der Waals surface area (Å²) in [5.41, 5.74) is 0.00340. The van der Waals surface area contributed by atoms with E-state index < -0.39 is 27.8 Å². The van der Waals surface area contributed by atoms with Crippen molar-refractivity contribution in [2.24, 2.45) is 0 Å². The molecule has 0 aliphatic carbocycles. The van der Waals surface area contributed by atoms with Gasteiger partial charge in [-0.3, -0.25) is 0 Å².